The number of aromatic nitrogens is 1. The smallest absolute Gasteiger partial charge is 0.238 e. The summed E-state index contributed by atoms with van der Waals surface area (Å²) in [6, 6.07) is 7.48. The van der Waals surface area contributed by atoms with Gasteiger partial charge in [0.1, 0.15) is 11.9 Å². The summed E-state index contributed by atoms with van der Waals surface area (Å²) in [5, 5.41) is 12.7. The van der Waals surface area contributed by atoms with E-state index in [1.165, 1.54) is 0 Å². The molecule has 2 saturated heterocycles. The summed E-state index contributed by atoms with van der Waals surface area (Å²) in [7, 11) is 0. The number of nitrogens with one attached hydrogen (secondary N) is 1. The number of amides is 1. The average molecular weight is 351 g/mol. The van der Waals surface area contributed by atoms with Crippen LogP contribution in [0.3, 0.4) is 0 Å². The summed E-state index contributed by atoms with van der Waals surface area (Å²) < 4.78 is 0. The van der Waals surface area contributed by atoms with Gasteiger partial charge in [0, 0.05) is 24.8 Å². The van der Waals surface area contributed by atoms with Gasteiger partial charge in [-0.1, -0.05) is 12.0 Å². The number of piperidine rings is 1. The quantitative estimate of drug-likeness (QED) is 0.833. The van der Waals surface area contributed by atoms with Crippen LogP contribution >= 0.6 is 0 Å². The van der Waals surface area contributed by atoms with Crippen LogP contribution in [-0.2, 0) is 4.79 Å². The van der Waals surface area contributed by atoms with Gasteiger partial charge >= 0.3 is 0 Å². The maximum Gasteiger partial charge on any atom is 0.238 e. The summed E-state index contributed by atoms with van der Waals surface area (Å²) in [5.41, 5.74) is -0.103. The van der Waals surface area contributed by atoms with Gasteiger partial charge in [-0.15, -0.1) is 6.42 Å². The third-order valence-electron chi connectivity index (χ3n) is 5.52. The molecule has 1 N–H and O–H groups in total. The Balaban J connectivity index is 1.54. The number of rotatable bonds is 4. The van der Waals surface area contributed by atoms with Gasteiger partial charge in [-0.05, 0) is 44.7 Å². The molecule has 6 heteroatoms. The summed E-state index contributed by atoms with van der Waals surface area (Å²) in [4.78, 5) is 20.9. The molecular weight excluding hydrogens is 326 g/mol. The standard InChI is InChI=1S/C20H25N5O/c1-3-16-7-8-17(14-21)25(16)19(26)15-23-20(2)9-12-24(13-10-20)18-6-4-5-11-22-18/h1,4-6,11,16-17,23H,7-10,12-13,15H2,2H3/t16-,17-/m0/s1. The number of pyridine rings is 1. The predicted molar refractivity (Wildman–Crippen MR) is 100 cm³/mol. The number of carbonyl (C=O) groups excluding carboxylic acids is 1. The summed E-state index contributed by atoms with van der Waals surface area (Å²) in [5.74, 6) is 3.56. The molecule has 2 aliphatic rings. The number of hydrogen-bond donors (Lipinski definition) is 1. The van der Waals surface area contributed by atoms with Crippen molar-refractivity contribution in [3.63, 3.8) is 0 Å². The van der Waals surface area contributed by atoms with E-state index in [2.05, 4.69) is 34.1 Å². The Hall–Kier alpha value is -2.57. The van der Waals surface area contributed by atoms with Gasteiger partial charge in [0.25, 0.3) is 0 Å². The van der Waals surface area contributed by atoms with Gasteiger partial charge in [0.05, 0.1) is 18.7 Å². The maximum atomic E-state index is 12.7. The van der Waals surface area contributed by atoms with Crippen molar-refractivity contribution in [2.24, 2.45) is 0 Å². The fourth-order valence-corrected chi connectivity index (χ4v) is 3.78. The first-order valence-corrected chi connectivity index (χ1v) is 9.14. The van der Waals surface area contributed by atoms with Gasteiger partial charge < -0.3 is 15.1 Å². The monoisotopic (exact) mass is 351 g/mol. The molecule has 0 spiro atoms. The minimum atomic E-state index is -0.399. The lowest BCUT2D eigenvalue weighted by molar-refractivity contribution is -0.131. The lowest BCUT2D eigenvalue weighted by Gasteiger charge is -2.41. The van der Waals surface area contributed by atoms with Crippen molar-refractivity contribution in [3.05, 3.63) is 24.4 Å². The first-order chi connectivity index (χ1) is 12.6. The highest BCUT2D eigenvalue weighted by molar-refractivity contribution is 5.80. The van der Waals surface area contributed by atoms with E-state index in [0.29, 0.717) is 12.8 Å². The van der Waals surface area contributed by atoms with Crippen molar-refractivity contribution in [1.29, 1.82) is 5.26 Å². The Morgan fingerprint density at radius 2 is 2.12 bits per heavy atom. The highest BCUT2D eigenvalue weighted by Crippen LogP contribution is 2.26. The number of anilines is 1. The Morgan fingerprint density at radius 1 is 1.38 bits per heavy atom. The number of nitrogens with zero attached hydrogens (tertiary/aromatic N) is 4. The number of hydrogen-bond acceptors (Lipinski definition) is 5. The van der Waals surface area contributed by atoms with Crippen molar-refractivity contribution >= 4 is 11.7 Å². The van der Waals surface area contributed by atoms with E-state index in [0.717, 1.165) is 31.7 Å². The van der Waals surface area contributed by atoms with Crippen LogP contribution in [0.1, 0.15) is 32.6 Å². The highest BCUT2D eigenvalue weighted by atomic mass is 16.2. The van der Waals surface area contributed by atoms with Crippen molar-refractivity contribution in [2.45, 2.75) is 50.2 Å². The van der Waals surface area contributed by atoms with E-state index in [1.54, 1.807) is 4.90 Å². The molecule has 1 amide bonds. The van der Waals surface area contributed by atoms with Crippen LogP contribution in [0.2, 0.25) is 0 Å². The fourth-order valence-electron chi connectivity index (χ4n) is 3.78. The molecule has 2 atom stereocenters. The molecule has 0 unspecified atom stereocenters. The van der Waals surface area contributed by atoms with Crippen LogP contribution in [0.4, 0.5) is 5.82 Å². The molecule has 2 aliphatic heterocycles. The van der Waals surface area contributed by atoms with Crippen LogP contribution in [-0.4, -0.2) is 53.0 Å². The van der Waals surface area contributed by atoms with Crippen LogP contribution in [0.25, 0.3) is 0 Å². The number of nitriles is 1. The van der Waals surface area contributed by atoms with Gasteiger partial charge in [-0.2, -0.15) is 5.26 Å². The maximum absolute atomic E-state index is 12.7. The van der Waals surface area contributed by atoms with Crippen molar-refractivity contribution in [2.75, 3.05) is 24.5 Å². The summed E-state index contributed by atoms with van der Waals surface area (Å²) >= 11 is 0. The van der Waals surface area contributed by atoms with Crippen molar-refractivity contribution in [3.8, 4) is 18.4 Å². The molecule has 1 aromatic heterocycles. The molecule has 1 aromatic rings. The summed E-state index contributed by atoms with van der Waals surface area (Å²) in [6.07, 6.45) is 10.6. The molecule has 3 heterocycles. The fraction of sp³-hybridized carbons (Fsp3) is 0.550. The SMILES string of the molecule is C#C[C@H]1CC[C@@H](C#N)N1C(=O)CNC1(C)CCN(c2ccccn2)CC1. The Kier molecular flexibility index (Phi) is 5.44. The van der Waals surface area contributed by atoms with Crippen LogP contribution in [0, 0.1) is 23.7 Å². The Bertz CT molecular complexity index is 690. The zero-order valence-electron chi connectivity index (χ0n) is 15.2. The first kappa shape index (κ1) is 18.2. The molecule has 136 valence electrons. The minimum Gasteiger partial charge on any atom is -0.356 e. The molecule has 0 bridgehead atoms. The molecule has 0 aromatic carbocycles. The normalized spacial score (nSPS) is 24.7. The van der Waals surface area contributed by atoms with Crippen LogP contribution in [0.15, 0.2) is 24.4 Å². The highest BCUT2D eigenvalue weighted by Gasteiger charge is 2.37. The zero-order chi connectivity index (χ0) is 18.6. The van der Waals surface area contributed by atoms with Crippen molar-refractivity contribution in [1.82, 2.24) is 15.2 Å². The van der Waals surface area contributed by atoms with E-state index in [4.69, 9.17) is 6.42 Å². The Labute approximate surface area is 155 Å². The van der Waals surface area contributed by atoms with E-state index in [1.807, 2.05) is 24.4 Å². The van der Waals surface area contributed by atoms with E-state index in [9.17, 15) is 10.1 Å². The lowest BCUT2D eigenvalue weighted by Crippen LogP contribution is -2.55. The largest absolute Gasteiger partial charge is 0.356 e. The molecule has 0 saturated carbocycles. The second kappa shape index (κ2) is 7.76. The zero-order valence-corrected chi connectivity index (χ0v) is 15.2. The minimum absolute atomic E-state index is 0.0784. The number of likely N-dealkylation sites (tertiary alicyclic amines) is 1. The van der Waals surface area contributed by atoms with Gasteiger partial charge in [-0.3, -0.25) is 4.79 Å². The van der Waals surface area contributed by atoms with E-state index < -0.39 is 6.04 Å². The molecule has 0 radical (unpaired) electrons. The average Bonchev–Trinajstić information content (AvgIpc) is 3.11. The number of terminal acetylenes is 1. The number of carbonyl (C=O) groups is 1. The van der Waals surface area contributed by atoms with Crippen LogP contribution in [0.5, 0.6) is 0 Å². The summed E-state index contributed by atoms with van der Waals surface area (Å²) in [6.45, 7) is 4.16. The molecule has 26 heavy (non-hydrogen) atoms. The van der Waals surface area contributed by atoms with Gasteiger partial charge in [0.15, 0.2) is 0 Å². The molecule has 0 aliphatic carbocycles. The van der Waals surface area contributed by atoms with Gasteiger partial charge in [0.2, 0.25) is 5.91 Å². The third-order valence-corrected chi connectivity index (χ3v) is 5.52. The Morgan fingerprint density at radius 3 is 2.73 bits per heavy atom. The van der Waals surface area contributed by atoms with Crippen LogP contribution < -0.4 is 10.2 Å². The molecular formula is C20H25N5O. The first-order valence-electron chi connectivity index (χ1n) is 9.14. The molecule has 3 rings (SSSR count). The molecule has 6 nitrogen and oxygen atoms in total. The third kappa shape index (κ3) is 3.81. The second-order valence-corrected chi connectivity index (χ2v) is 7.29. The lowest BCUT2D eigenvalue weighted by atomic mass is 9.89. The predicted octanol–water partition coefficient (Wildman–Crippen LogP) is 1.55. The second-order valence-electron chi connectivity index (χ2n) is 7.29. The van der Waals surface area contributed by atoms with E-state index in [-0.39, 0.29) is 24.0 Å². The molecule has 2 fully saturated rings. The van der Waals surface area contributed by atoms with E-state index >= 15 is 0 Å². The topological polar surface area (TPSA) is 72.3 Å². The van der Waals surface area contributed by atoms with Gasteiger partial charge in [-0.25, -0.2) is 4.98 Å². The van der Waals surface area contributed by atoms with Crippen molar-refractivity contribution < 1.29 is 4.79 Å².